The average molecular weight is 302 g/mol. The van der Waals surface area contributed by atoms with Crippen LogP contribution in [0, 0.1) is 5.92 Å². The van der Waals surface area contributed by atoms with Crippen LogP contribution in [0.5, 0.6) is 0 Å². The van der Waals surface area contributed by atoms with Crippen LogP contribution < -0.4 is 5.73 Å². The summed E-state index contributed by atoms with van der Waals surface area (Å²) in [6.45, 7) is 2.74. The predicted octanol–water partition coefficient (Wildman–Crippen LogP) is 1.42. The molecule has 3 N–H and O–H groups in total. The van der Waals surface area contributed by atoms with Crippen LogP contribution in [0.3, 0.4) is 0 Å². The van der Waals surface area contributed by atoms with E-state index in [0.717, 1.165) is 18.4 Å². The summed E-state index contributed by atoms with van der Waals surface area (Å²) in [5.74, 6) is -0.254. The highest BCUT2D eigenvalue weighted by atomic mass is 16.3. The SMILES string of the molecule is CC1CCCN(C(=O)/C=C/c2ccc(C(N)=O)cc2)C1CO. The third-order valence-electron chi connectivity index (χ3n) is 4.20. The second kappa shape index (κ2) is 7.22. The number of carbonyl (C=O) groups excluding carboxylic acids is 2. The van der Waals surface area contributed by atoms with Crippen LogP contribution in [-0.2, 0) is 4.79 Å². The third-order valence-corrected chi connectivity index (χ3v) is 4.20. The van der Waals surface area contributed by atoms with Gasteiger partial charge in [0.25, 0.3) is 0 Å². The number of nitrogens with two attached hydrogens (primary N) is 1. The Bertz CT molecular complexity index is 566. The minimum absolute atomic E-state index is 0.00590. The lowest BCUT2D eigenvalue weighted by Gasteiger charge is -2.38. The molecule has 2 atom stereocenters. The van der Waals surface area contributed by atoms with E-state index in [9.17, 15) is 14.7 Å². The number of benzene rings is 1. The van der Waals surface area contributed by atoms with Crippen LogP contribution >= 0.6 is 0 Å². The van der Waals surface area contributed by atoms with Gasteiger partial charge >= 0.3 is 0 Å². The van der Waals surface area contributed by atoms with Gasteiger partial charge in [0.1, 0.15) is 0 Å². The summed E-state index contributed by atoms with van der Waals surface area (Å²) in [4.78, 5) is 25.1. The quantitative estimate of drug-likeness (QED) is 0.825. The highest BCUT2D eigenvalue weighted by molar-refractivity contribution is 5.94. The molecule has 22 heavy (non-hydrogen) atoms. The number of primary amides is 1. The summed E-state index contributed by atoms with van der Waals surface area (Å²) in [7, 11) is 0. The second-order valence-corrected chi connectivity index (χ2v) is 5.72. The van der Waals surface area contributed by atoms with Crippen molar-refractivity contribution in [2.75, 3.05) is 13.2 Å². The van der Waals surface area contributed by atoms with Crippen LogP contribution in [0.15, 0.2) is 30.3 Å². The number of amides is 2. The molecule has 1 aliphatic rings. The van der Waals surface area contributed by atoms with Crippen molar-refractivity contribution in [3.8, 4) is 0 Å². The molecule has 1 saturated heterocycles. The van der Waals surface area contributed by atoms with Crippen molar-refractivity contribution >= 4 is 17.9 Å². The number of carbonyl (C=O) groups is 2. The lowest BCUT2D eigenvalue weighted by molar-refractivity contribution is -0.132. The lowest BCUT2D eigenvalue weighted by Crippen LogP contribution is -2.49. The Morgan fingerprint density at radius 2 is 2.05 bits per heavy atom. The molecule has 2 amide bonds. The van der Waals surface area contributed by atoms with Gasteiger partial charge in [-0.2, -0.15) is 0 Å². The van der Waals surface area contributed by atoms with Crippen molar-refractivity contribution < 1.29 is 14.7 Å². The van der Waals surface area contributed by atoms with Crippen LogP contribution in [-0.4, -0.2) is 41.0 Å². The zero-order chi connectivity index (χ0) is 16.1. The number of likely N-dealkylation sites (tertiary alicyclic amines) is 1. The number of hydrogen-bond donors (Lipinski definition) is 2. The van der Waals surface area contributed by atoms with E-state index in [2.05, 4.69) is 6.92 Å². The van der Waals surface area contributed by atoms with Gasteiger partial charge in [0.05, 0.1) is 12.6 Å². The zero-order valence-electron chi connectivity index (χ0n) is 12.7. The van der Waals surface area contributed by atoms with Crippen LogP contribution in [0.25, 0.3) is 6.08 Å². The molecule has 1 aliphatic heterocycles. The second-order valence-electron chi connectivity index (χ2n) is 5.72. The smallest absolute Gasteiger partial charge is 0.248 e. The first-order chi connectivity index (χ1) is 10.5. The van der Waals surface area contributed by atoms with E-state index in [-0.39, 0.29) is 18.6 Å². The maximum Gasteiger partial charge on any atom is 0.248 e. The molecule has 5 nitrogen and oxygen atoms in total. The largest absolute Gasteiger partial charge is 0.394 e. The molecule has 1 heterocycles. The molecule has 1 aromatic carbocycles. The molecule has 1 aromatic rings. The highest BCUT2D eigenvalue weighted by Crippen LogP contribution is 2.23. The van der Waals surface area contributed by atoms with E-state index in [1.807, 2.05) is 0 Å². The fraction of sp³-hybridized carbons (Fsp3) is 0.412. The fourth-order valence-corrected chi connectivity index (χ4v) is 2.82. The summed E-state index contributed by atoms with van der Waals surface area (Å²) in [5, 5.41) is 9.49. The van der Waals surface area contributed by atoms with Gasteiger partial charge in [0.15, 0.2) is 0 Å². The van der Waals surface area contributed by atoms with E-state index in [0.29, 0.717) is 18.0 Å². The number of hydrogen-bond acceptors (Lipinski definition) is 3. The molecule has 5 heteroatoms. The molecule has 0 bridgehead atoms. The van der Waals surface area contributed by atoms with Gasteiger partial charge in [-0.15, -0.1) is 0 Å². The van der Waals surface area contributed by atoms with Gasteiger partial charge in [0, 0.05) is 18.2 Å². The molecule has 1 fully saturated rings. The van der Waals surface area contributed by atoms with Crippen molar-refractivity contribution in [3.05, 3.63) is 41.5 Å². The molecule has 118 valence electrons. The van der Waals surface area contributed by atoms with Crippen LogP contribution in [0.1, 0.15) is 35.7 Å². The Labute approximate surface area is 130 Å². The molecule has 0 aliphatic carbocycles. The standard InChI is InChI=1S/C17H22N2O3/c1-12-3-2-10-19(15(12)11-20)16(21)9-6-13-4-7-14(8-5-13)17(18)22/h4-9,12,15,20H,2-3,10-11H2,1H3,(H2,18,22)/b9-6+. The Morgan fingerprint density at radius 1 is 1.36 bits per heavy atom. The Hall–Kier alpha value is -2.14. The summed E-state index contributed by atoms with van der Waals surface area (Å²) in [6, 6.07) is 6.64. The summed E-state index contributed by atoms with van der Waals surface area (Å²) in [6.07, 6.45) is 5.22. The maximum absolute atomic E-state index is 12.3. The average Bonchev–Trinajstić information content (AvgIpc) is 2.52. The van der Waals surface area contributed by atoms with Crippen molar-refractivity contribution in [1.82, 2.24) is 4.90 Å². The molecule has 2 rings (SSSR count). The van der Waals surface area contributed by atoms with Crippen LogP contribution in [0.2, 0.25) is 0 Å². The van der Waals surface area contributed by atoms with E-state index >= 15 is 0 Å². The van der Waals surface area contributed by atoms with Crippen molar-refractivity contribution in [3.63, 3.8) is 0 Å². The predicted molar refractivity (Wildman–Crippen MR) is 85.0 cm³/mol. The number of rotatable bonds is 4. The minimum atomic E-state index is -0.473. The molecule has 0 saturated carbocycles. The van der Waals surface area contributed by atoms with Crippen molar-refractivity contribution in [2.45, 2.75) is 25.8 Å². The van der Waals surface area contributed by atoms with Crippen LogP contribution in [0.4, 0.5) is 0 Å². The monoisotopic (exact) mass is 302 g/mol. The molecular weight excluding hydrogens is 280 g/mol. The topological polar surface area (TPSA) is 83.6 Å². The van der Waals surface area contributed by atoms with E-state index in [1.165, 1.54) is 6.08 Å². The minimum Gasteiger partial charge on any atom is -0.394 e. The molecule has 0 radical (unpaired) electrons. The van der Waals surface area contributed by atoms with Crippen molar-refractivity contribution in [2.24, 2.45) is 11.7 Å². The molecule has 0 spiro atoms. The van der Waals surface area contributed by atoms with Gasteiger partial charge in [0.2, 0.25) is 11.8 Å². The molecule has 0 aromatic heterocycles. The first-order valence-corrected chi connectivity index (χ1v) is 7.52. The summed E-state index contributed by atoms with van der Waals surface area (Å²) in [5.41, 5.74) is 6.45. The Morgan fingerprint density at radius 3 is 2.64 bits per heavy atom. The van der Waals surface area contributed by atoms with Gasteiger partial charge in [-0.3, -0.25) is 9.59 Å². The zero-order valence-corrected chi connectivity index (χ0v) is 12.7. The Balaban J connectivity index is 2.05. The number of nitrogens with zero attached hydrogens (tertiary/aromatic N) is 1. The summed E-state index contributed by atoms with van der Waals surface area (Å²) >= 11 is 0. The highest BCUT2D eigenvalue weighted by Gasteiger charge is 2.30. The number of aliphatic hydroxyl groups excluding tert-OH is 1. The Kier molecular flexibility index (Phi) is 5.33. The van der Waals surface area contributed by atoms with Gasteiger partial charge in [-0.25, -0.2) is 0 Å². The van der Waals surface area contributed by atoms with Gasteiger partial charge < -0.3 is 15.7 Å². The maximum atomic E-state index is 12.3. The van der Waals surface area contributed by atoms with E-state index < -0.39 is 5.91 Å². The summed E-state index contributed by atoms with van der Waals surface area (Å²) < 4.78 is 0. The first kappa shape index (κ1) is 16.2. The lowest BCUT2D eigenvalue weighted by atomic mass is 9.91. The fourth-order valence-electron chi connectivity index (χ4n) is 2.82. The van der Waals surface area contributed by atoms with Crippen molar-refractivity contribution in [1.29, 1.82) is 0 Å². The first-order valence-electron chi connectivity index (χ1n) is 7.52. The third kappa shape index (κ3) is 3.74. The van der Waals surface area contributed by atoms with Gasteiger partial charge in [-0.1, -0.05) is 19.1 Å². The van der Waals surface area contributed by atoms with E-state index in [1.54, 1.807) is 35.2 Å². The van der Waals surface area contributed by atoms with Gasteiger partial charge in [-0.05, 0) is 42.5 Å². The number of piperidine rings is 1. The van der Waals surface area contributed by atoms with E-state index in [4.69, 9.17) is 5.73 Å². The normalized spacial score (nSPS) is 22.0. The molecule has 2 unspecified atom stereocenters. The molecular formula is C17H22N2O3. The number of aliphatic hydroxyl groups is 1.